The van der Waals surface area contributed by atoms with Crippen LogP contribution < -0.4 is 19.3 Å². The average Bonchev–Trinajstić information content (AvgIpc) is 3.27. The maximum absolute atomic E-state index is 14.0. The molecule has 366 valence electrons. The van der Waals surface area contributed by atoms with Gasteiger partial charge in [-0.15, -0.1) is 0 Å². The third-order valence-corrected chi connectivity index (χ3v) is 13.5. The fraction of sp³-hybridized carbons (Fsp3) is 0.667. The van der Waals surface area contributed by atoms with Crippen LogP contribution in [0, 0.1) is 0 Å². The van der Waals surface area contributed by atoms with Crippen molar-refractivity contribution in [3.63, 3.8) is 0 Å². The zero-order chi connectivity index (χ0) is 48.3. The van der Waals surface area contributed by atoms with Crippen LogP contribution in [0.15, 0.2) is 30.3 Å². The van der Waals surface area contributed by atoms with Gasteiger partial charge in [0.1, 0.15) is 11.5 Å². The highest BCUT2D eigenvalue weighted by Crippen LogP contribution is 2.43. The third kappa shape index (κ3) is 12.2. The summed E-state index contributed by atoms with van der Waals surface area (Å²) in [4.78, 5) is 62.1. The summed E-state index contributed by atoms with van der Waals surface area (Å²) in [5, 5.41) is 0. The van der Waals surface area contributed by atoms with E-state index in [0.717, 1.165) is 68.9 Å². The number of hydrogen-bond acceptors (Lipinski definition) is 8. The van der Waals surface area contributed by atoms with E-state index in [1.807, 2.05) is 57.2 Å². The van der Waals surface area contributed by atoms with Gasteiger partial charge in [-0.05, 0) is 143 Å². The predicted octanol–water partition coefficient (Wildman–Crippen LogP) is 10.8. The molecule has 2 saturated carbocycles. The Morgan fingerprint density at radius 3 is 1.53 bits per heavy atom. The molecule has 4 aliphatic rings. The standard InChI is InChI=1S/C27H42N2O4.C27H40N2O4/c2*1-7-12-20-17-24-23(28(15-11-16-32-6)26(31)27(4,5)33-24)18-22(20)25(30)29(19(2)3)21-13-9-8-10-14-21/h17-19,21H,7-16H2,1-6H3;7,12,17-19,21H,8-11,13-16H2,1-6H3/b;12-7+. The minimum absolute atomic E-state index is 0.0296. The number of ether oxygens (including phenoxy) is 4. The molecule has 0 saturated heterocycles. The van der Waals surface area contributed by atoms with E-state index in [0.29, 0.717) is 66.7 Å². The Hall–Kier alpha value is -4.42. The number of fused-ring (bicyclic) bond motifs is 2. The second-order valence-corrected chi connectivity index (χ2v) is 20.2. The van der Waals surface area contributed by atoms with Gasteiger partial charge in [-0.25, -0.2) is 0 Å². The van der Waals surface area contributed by atoms with Gasteiger partial charge < -0.3 is 38.5 Å². The molecule has 12 nitrogen and oxygen atoms in total. The number of carbonyl (C=O) groups excluding carboxylic acids is 4. The first-order chi connectivity index (χ1) is 31.4. The summed E-state index contributed by atoms with van der Waals surface area (Å²) in [5.41, 5.74) is 2.62. The molecule has 12 heteroatoms. The molecule has 2 aliphatic heterocycles. The number of benzene rings is 2. The van der Waals surface area contributed by atoms with Gasteiger partial charge in [0, 0.05) is 75.8 Å². The maximum Gasteiger partial charge on any atom is 0.270 e. The summed E-state index contributed by atoms with van der Waals surface area (Å²) < 4.78 is 22.7. The largest absolute Gasteiger partial charge is 0.476 e. The van der Waals surface area contributed by atoms with Crippen LogP contribution in [0.4, 0.5) is 11.4 Å². The van der Waals surface area contributed by atoms with E-state index in [-0.39, 0.29) is 47.8 Å². The second kappa shape index (κ2) is 23.5. The molecule has 2 aromatic rings. The van der Waals surface area contributed by atoms with E-state index in [1.54, 1.807) is 37.9 Å². The van der Waals surface area contributed by atoms with E-state index >= 15 is 0 Å². The molecule has 4 amide bonds. The average molecular weight is 915 g/mol. The molecule has 2 fully saturated rings. The van der Waals surface area contributed by atoms with Gasteiger partial charge in [0.15, 0.2) is 11.2 Å². The van der Waals surface area contributed by atoms with Gasteiger partial charge >= 0.3 is 0 Å². The summed E-state index contributed by atoms with van der Waals surface area (Å²) in [6.45, 7) is 21.8. The van der Waals surface area contributed by atoms with Gasteiger partial charge in [-0.2, -0.15) is 0 Å². The number of hydrogen-bond donors (Lipinski definition) is 0. The van der Waals surface area contributed by atoms with E-state index in [9.17, 15) is 19.2 Å². The van der Waals surface area contributed by atoms with Crippen LogP contribution in [-0.2, 0) is 25.5 Å². The first-order valence-electron chi connectivity index (χ1n) is 25.0. The van der Waals surface area contributed by atoms with Crippen LogP contribution in [0.5, 0.6) is 11.5 Å². The van der Waals surface area contributed by atoms with E-state index < -0.39 is 11.2 Å². The molecule has 0 unspecified atom stereocenters. The number of anilines is 2. The Balaban J connectivity index is 0.000000247. The quantitative estimate of drug-likeness (QED) is 0.144. The summed E-state index contributed by atoms with van der Waals surface area (Å²) in [7, 11) is 3.32. The second-order valence-electron chi connectivity index (χ2n) is 20.2. The molecule has 0 radical (unpaired) electrons. The van der Waals surface area contributed by atoms with Crippen molar-refractivity contribution in [2.75, 3.05) is 50.3 Å². The Bertz CT molecular complexity index is 2010. The van der Waals surface area contributed by atoms with Crippen molar-refractivity contribution >= 4 is 41.1 Å². The lowest BCUT2D eigenvalue weighted by Crippen LogP contribution is -2.53. The van der Waals surface area contributed by atoms with Gasteiger partial charge in [0.25, 0.3) is 23.6 Å². The highest BCUT2D eigenvalue weighted by Gasteiger charge is 2.43. The molecule has 66 heavy (non-hydrogen) atoms. The molecule has 2 heterocycles. The van der Waals surface area contributed by atoms with Crippen molar-refractivity contribution in [2.45, 2.75) is 194 Å². The van der Waals surface area contributed by atoms with Crippen molar-refractivity contribution in [1.29, 1.82) is 0 Å². The Kier molecular flexibility index (Phi) is 18.7. The normalized spacial score (nSPS) is 18.4. The zero-order valence-corrected chi connectivity index (χ0v) is 42.6. The molecule has 2 aliphatic carbocycles. The summed E-state index contributed by atoms with van der Waals surface area (Å²) in [6, 6.07) is 8.47. The molecule has 0 bridgehead atoms. The molecular formula is C54H82N4O8. The van der Waals surface area contributed by atoms with Crippen LogP contribution in [0.1, 0.15) is 185 Å². The van der Waals surface area contributed by atoms with Crippen molar-refractivity contribution in [3.8, 4) is 11.5 Å². The van der Waals surface area contributed by atoms with Crippen molar-refractivity contribution in [3.05, 3.63) is 52.6 Å². The number of carbonyl (C=O) groups is 4. The number of allylic oxidation sites excluding steroid dienone is 1. The Morgan fingerprint density at radius 2 is 1.12 bits per heavy atom. The van der Waals surface area contributed by atoms with Crippen molar-refractivity contribution in [2.24, 2.45) is 0 Å². The fourth-order valence-corrected chi connectivity index (χ4v) is 10.3. The number of amides is 4. The van der Waals surface area contributed by atoms with Crippen LogP contribution in [0.25, 0.3) is 6.08 Å². The van der Waals surface area contributed by atoms with Crippen LogP contribution in [0.3, 0.4) is 0 Å². The third-order valence-electron chi connectivity index (χ3n) is 13.5. The molecule has 2 aromatic carbocycles. The number of aryl methyl sites for hydroxylation is 1. The summed E-state index contributed by atoms with van der Waals surface area (Å²) >= 11 is 0. The number of methoxy groups -OCH3 is 2. The lowest BCUT2D eigenvalue weighted by molar-refractivity contribution is -0.133. The van der Waals surface area contributed by atoms with Crippen LogP contribution >= 0.6 is 0 Å². The predicted molar refractivity (Wildman–Crippen MR) is 265 cm³/mol. The van der Waals surface area contributed by atoms with Crippen LogP contribution in [0.2, 0.25) is 0 Å². The lowest BCUT2D eigenvalue weighted by Gasteiger charge is -2.40. The maximum atomic E-state index is 14.0. The topological polar surface area (TPSA) is 118 Å². The van der Waals surface area contributed by atoms with Gasteiger partial charge in [-0.3, -0.25) is 19.2 Å². The lowest BCUT2D eigenvalue weighted by atomic mass is 9.91. The van der Waals surface area contributed by atoms with E-state index in [2.05, 4.69) is 44.4 Å². The monoisotopic (exact) mass is 915 g/mol. The molecular weight excluding hydrogens is 833 g/mol. The molecule has 0 N–H and O–H groups in total. The highest BCUT2D eigenvalue weighted by molar-refractivity contribution is 6.06. The molecule has 0 aromatic heterocycles. The highest BCUT2D eigenvalue weighted by atomic mass is 16.5. The number of nitrogens with zero attached hydrogens (tertiary/aromatic N) is 4. The molecule has 0 spiro atoms. The van der Waals surface area contributed by atoms with Gasteiger partial charge in [0.05, 0.1) is 11.4 Å². The fourth-order valence-electron chi connectivity index (χ4n) is 10.3. The first kappa shape index (κ1) is 52.5. The Morgan fingerprint density at radius 1 is 0.697 bits per heavy atom. The number of rotatable bonds is 17. The summed E-state index contributed by atoms with van der Waals surface area (Å²) in [6.07, 6.45) is 18.5. The minimum Gasteiger partial charge on any atom is -0.476 e. The Labute approximate surface area is 396 Å². The molecule has 6 rings (SSSR count). The first-order valence-corrected chi connectivity index (χ1v) is 25.0. The zero-order valence-electron chi connectivity index (χ0n) is 42.6. The molecule has 0 atom stereocenters. The van der Waals surface area contributed by atoms with Crippen molar-refractivity contribution < 1.29 is 38.1 Å². The van der Waals surface area contributed by atoms with Crippen molar-refractivity contribution in [1.82, 2.24) is 9.80 Å². The van der Waals surface area contributed by atoms with Gasteiger partial charge in [0.2, 0.25) is 0 Å². The minimum atomic E-state index is -0.967. The van der Waals surface area contributed by atoms with E-state index in [1.165, 1.54) is 25.7 Å². The SMILES string of the molecule is C/C=C/c1cc2c(cc1C(=O)N(C(C)C)C1CCCCC1)N(CCCOC)C(=O)C(C)(C)O2.CCCc1cc2c(cc1C(=O)N(C(C)C)C1CCCCC1)N(CCCOC)C(=O)C(C)(C)O2. The smallest absolute Gasteiger partial charge is 0.270 e. The van der Waals surface area contributed by atoms with Crippen LogP contribution in [-0.4, -0.2) is 109 Å². The van der Waals surface area contributed by atoms with Gasteiger partial charge in [-0.1, -0.05) is 64.0 Å². The summed E-state index contributed by atoms with van der Waals surface area (Å²) in [5.74, 6) is 1.25. The van der Waals surface area contributed by atoms with E-state index in [4.69, 9.17) is 18.9 Å².